The van der Waals surface area contributed by atoms with Crippen molar-refractivity contribution in [1.29, 1.82) is 0 Å². The molecule has 3 unspecified atom stereocenters. The van der Waals surface area contributed by atoms with Crippen molar-refractivity contribution in [1.82, 2.24) is 5.32 Å². The Balaban J connectivity index is 4.48. The lowest BCUT2D eigenvalue weighted by molar-refractivity contribution is -0.151. The fourth-order valence-electron chi connectivity index (χ4n) is 8.26. The first kappa shape index (κ1) is 59.1. The van der Waals surface area contributed by atoms with Crippen LogP contribution in [0.3, 0.4) is 0 Å². The zero-order valence-electron chi connectivity index (χ0n) is 40.8. The molecular formula is C55H103NO5. The second-order valence-electron chi connectivity index (χ2n) is 18.3. The molecule has 0 spiro atoms. The average Bonchev–Trinajstić information content (AvgIpc) is 3.25. The fraction of sp³-hybridized carbons (Fsp3) is 0.855. The number of rotatable bonds is 48. The molecule has 0 rings (SSSR count). The second-order valence-corrected chi connectivity index (χ2v) is 18.3. The number of hydrogen-bond donors (Lipinski definition) is 3. The van der Waals surface area contributed by atoms with Crippen molar-refractivity contribution in [3.05, 3.63) is 36.5 Å². The van der Waals surface area contributed by atoms with E-state index in [9.17, 15) is 19.8 Å². The van der Waals surface area contributed by atoms with Crippen molar-refractivity contribution in [2.45, 2.75) is 296 Å². The molecule has 0 aromatic heterocycles. The summed E-state index contributed by atoms with van der Waals surface area (Å²) >= 11 is 0. The Morgan fingerprint density at radius 2 is 0.885 bits per heavy atom. The maximum atomic E-state index is 13.2. The van der Waals surface area contributed by atoms with Gasteiger partial charge in [0.1, 0.15) is 6.10 Å². The number of ether oxygens (including phenoxy) is 1. The van der Waals surface area contributed by atoms with Crippen LogP contribution in [0.2, 0.25) is 0 Å². The molecule has 0 aliphatic heterocycles. The Morgan fingerprint density at radius 3 is 1.33 bits per heavy atom. The van der Waals surface area contributed by atoms with E-state index < -0.39 is 18.2 Å². The molecule has 3 N–H and O–H groups in total. The SMILES string of the molecule is CC/C=C/C=C/C=C\CCCCCC(CC(=O)NC(CO)C(O)CCCCCCCCCCCCCCC)OC(=O)CCCCCCCCCCCCCCCCCCCC. The van der Waals surface area contributed by atoms with Gasteiger partial charge in [0.15, 0.2) is 0 Å². The van der Waals surface area contributed by atoms with Crippen LogP contribution in [0, 0.1) is 0 Å². The van der Waals surface area contributed by atoms with Gasteiger partial charge < -0.3 is 20.3 Å². The van der Waals surface area contributed by atoms with Crippen molar-refractivity contribution in [2.75, 3.05) is 6.61 Å². The van der Waals surface area contributed by atoms with Crippen LogP contribution in [0.4, 0.5) is 0 Å². The molecule has 0 bridgehead atoms. The van der Waals surface area contributed by atoms with Gasteiger partial charge in [-0.05, 0) is 44.9 Å². The Bertz CT molecular complexity index is 1010. The lowest BCUT2D eigenvalue weighted by Crippen LogP contribution is -2.46. The first-order valence-corrected chi connectivity index (χ1v) is 26.7. The molecule has 61 heavy (non-hydrogen) atoms. The number of allylic oxidation sites excluding steroid dienone is 6. The summed E-state index contributed by atoms with van der Waals surface area (Å²) in [5.74, 6) is -0.497. The van der Waals surface area contributed by atoms with Crippen LogP contribution in [0.15, 0.2) is 36.5 Å². The Hall–Kier alpha value is -1.92. The Kier molecular flexibility index (Phi) is 47.6. The highest BCUT2D eigenvalue weighted by atomic mass is 16.5. The van der Waals surface area contributed by atoms with Gasteiger partial charge in [-0.1, -0.05) is 256 Å². The van der Waals surface area contributed by atoms with Gasteiger partial charge in [-0.3, -0.25) is 9.59 Å². The maximum absolute atomic E-state index is 13.2. The summed E-state index contributed by atoms with van der Waals surface area (Å²) in [7, 11) is 0. The third-order valence-electron chi connectivity index (χ3n) is 12.3. The van der Waals surface area contributed by atoms with Crippen LogP contribution in [0.25, 0.3) is 0 Å². The second kappa shape index (κ2) is 49.1. The van der Waals surface area contributed by atoms with E-state index in [1.807, 2.05) is 6.08 Å². The van der Waals surface area contributed by atoms with E-state index in [4.69, 9.17) is 4.74 Å². The Morgan fingerprint density at radius 1 is 0.492 bits per heavy atom. The van der Waals surface area contributed by atoms with E-state index in [1.54, 1.807) is 0 Å². The molecule has 0 saturated heterocycles. The van der Waals surface area contributed by atoms with E-state index in [1.165, 1.54) is 161 Å². The van der Waals surface area contributed by atoms with E-state index >= 15 is 0 Å². The molecular weight excluding hydrogens is 755 g/mol. The van der Waals surface area contributed by atoms with Gasteiger partial charge >= 0.3 is 5.97 Å². The number of unbranched alkanes of at least 4 members (excludes halogenated alkanes) is 32. The molecule has 358 valence electrons. The number of amides is 1. The average molecular weight is 858 g/mol. The van der Waals surface area contributed by atoms with Crippen molar-refractivity contribution >= 4 is 11.9 Å². The quantitative estimate of drug-likeness (QED) is 0.0322. The number of hydrogen-bond acceptors (Lipinski definition) is 5. The minimum atomic E-state index is -0.794. The first-order valence-electron chi connectivity index (χ1n) is 26.7. The summed E-state index contributed by atoms with van der Waals surface area (Å²) in [6, 6.07) is -0.709. The lowest BCUT2D eigenvalue weighted by atomic mass is 10.0. The molecule has 6 heteroatoms. The van der Waals surface area contributed by atoms with Crippen LogP contribution in [0.5, 0.6) is 0 Å². The summed E-state index contributed by atoms with van der Waals surface area (Å²) in [6.45, 7) is 6.36. The van der Waals surface area contributed by atoms with E-state index in [2.05, 4.69) is 56.5 Å². The topological polar surface area (TPSA) is 95.9 Å². The van der Waals surface area contributed by atoms with Crippen LogP contribution in [-0.2, 0) is 14.3 Å². The molecule has 0 aromatic rings. The standard InChI is InChI=1S/C55H103NO5/c1-4-7-10-13-16-19-22-24-25-26-27-28-30-33-36-39-42-45-48-55(60)61-51(46-43-40-37-34-31-21-18-15-12-9-6-3)49-54(59)56-52(50-57)53(58)47-44-41-38-35-32-29-23-20-17-14-11-8-5-2/h9,12,15,18,21,31,51-53,57-58H,4-8,10-11,13-14,16-17,19-20,22-30,32-50H2,1-3H3,(H,56,59)/b12-9+,18-15+,31-21-. The molecule has 0 aliphatic rings. The van der Waals surface area contributed by atoms with Crippen molar-refractivity contribution in [3.8, 4) is 0 Å². The summed E-state index contributed by atoms with van der Waals surface area (Å²) < 4.78 is 5.92. The van der Waals surface area contributed by atoms with Gasteiger partial charge in [-0.15, -0.1) is 0 Å². The van der Waals surface area contributed by atoms with Crippen LogP contribution in [0.1, 0.15) is 278 Å². The van der Waals surface area contributed by atoms with Gasteiger partial charge in [0.25, 0.3) is 0 Å². The summed E-state index contributed by atoms with van der Waals surface area (Å²) in [5.41, 5.74) is 0. The number of aliphatic hydroxyl groups is 2. The maximum Gasteiger partial charge on any atom is 0.306 e. The fourth-order valence-corrected chi connectivity index (χ4v) is 8.26. The summed E-state index contributed by atoms with van der Waals surface area (Å²) in [4.78, 5) is 26.1. The third-order valence-corrected chi connectivity index (χ3v) is 12.3. The summed E-state index contributed by atoms with van der Waals surface area (Å²) in [5, 5.41) is 23.8. The molecule has 0 saturated carbocycles. The van der Waals surface area contributed by atoms with E-state index in [-0.39, 0.29) is 24.9 Å². The normalized spacial score (nSPS) is 13.5. The largest absolute Gasteiger partial charge is 0.462 e. The first-order chi connectivity index (χ1) is 30.0. The van der Waals surface area contributed by atoms with E-state index in [0.717, 1.165) is 70.6 Å². The number of esters is 1. The molecule has 6 nitrogen and oxygen atoms in total. The monoisotopic (exact) mass is 858 g/mol. The van der Waals surface area contributed by atoms with Crippen molar-refractivity contribution < 1.29 is 24.5 Å². The highest BCUT2D eigenvalue weighted by Gasteiger charge is 2.24. The third kappa shape index (κ3) is 44.5. The smallest absolute Gasteiger partial charge is 0.306 e. The zero-order chi connectivity index (χ0) is 44.5. The van der Waals surface area contributed by atoms with Gasteiger partial charge in [-0.25, -0.2) is 0 Å². The zero-order valence-corrected chi connectivity index (χ0v) is 40.8. The minimum Gasteiger partial charge on any atom is -0.462 e. The number of carbonyl (C=O) groups excluding carboxylic acids is 2. The van der Waals surface area contributed by atoms with Crippen LogP contribution < -0.4 is 5.32 Å². The lowest BCUT2D eigenvalue weighted by Gasteiger charge is -2.24. The molecule has 3 atom stereocenters. The van der Waals surface area contributed by atoms with E-state index in [0.29, 0.717) is 19.3 Å². The highest BCUT2D eigenvalue weighted by Crippen LogP contribution is 2.18. The van der Waals surface area contributed by atoms with Crippen LogP contribution >= 0.6 is 0 Å². The number of nitrogens with one attached hydrogen (secondary N) is 1. The van der Waals surface area contributed by atoms with Crippen molar-refractivity contribution in [2.24, 2.45) is 0 Å². The molecule has 1 amide bonds. The molecule has 0 radical (unpaired) electrons. The molecule has 0 aromatic carbocycles. The van der Waals surface area contributed by atoms with Gasteiger partial charge in [-0.2, -0.15) is 0 Å². The van der Waals surface area contributed by atoms with Gasteiger partial charge in [0.05, 0.1) is 25.2 Å². The Labute approximate surface area is 379 Å². The molecule has 0 fully saturated rings. The van der Waals surface area contributed by atoms with Crippen LogP contribution in [-0.4, -0.2) is 46.9 Å². The summed E-state index contributed by atoms with van der Waals surface area (Å²) in [6.07, 6.45) is 57.9. The highest BCUT2D eigenvalue weighted by molar-refractivity contribution is 5.77. The number of carbonyl (C=O) groups is 2. The predicted octanol–water partition coefficient (Wildman–Crippen LogP) is 16.1. The van der Waals surface area contributed by atoms with Gasteiger partial charge in [0, 0.05) is 6.42 Å². The predicted molar refractivity (Wildman–Crippen MR) is 264 cm³/mol. The molecule has 0 heterocycles. The van der Waals surface area contributed by atoms with Crippen molar-refractivity contribution in [3.63, 3.8) is 0 Å². The minimum absolute atomic E-state index is 0.0583. The van der Waals surface area contributed by atoms with Gasteiger partial charge in [0.2, 0.25) is 5.91 Å². The number of aliphatic hydroxyl groups excluding tert-OH is 2. The molecule has 0 aliphatic carbocycles.